The number of hydrogen-bond donors (Lipinski definition) is 1. The first-order valence-corrected chi connectivity index (χ1v) is 13.2. The number of benzene rings is 3. The largest absolute Gasteiger partial charge is 0.272 e. The average molecular weight is 569 g/mol. The lowest BCUT2D eigenvalue weighted by molar-refractivity contribution is -0.118. The Morgan fingerprint density at radius 3 is 2.35 bits per heavy atom. The molecule has 0 atom stereocenters. The van der Waals surface area contributed by atoms with Gasteiger partial charge in [0.1, 0.15) is 0 Å². The van der Waals surface area contributed by atoms with Crippen LogP contribution in [0.4, 0.5) is 0 Å². The Balaban J connectivity index is 1.24. The van der Waals surface area contributed by atoms with Crippen molar-refractivity contribution in [2.45, 2.75) is 5.16 Å². The standard InChI is InChI=1S/C28H21BrN6OS/c29-24-12-14-25(15-13-24)35-27(23-7-4-16-30-18-23)33-34-28(35)37-19-26(36)32-31-17-20-8-10-22(11-9-20)21-5-2-1-3-6-21/h1-18H,19H2,(H,32,36). The minimum absolute atomic E-state index is 0.131. The second kappa shape index (κ2) is 11.8. The first-order valence-electron chi connectivity index (χ1n) is 11.4. The van der Waals surface area contributed by atoms with E-state index in [-0.39, 0.29) is 11.7 Å². The molecule has 0 radical (unpaired) electrons. The molecule has 0 aliphatic carbocycles. The molecule has 0 fully saturated rings. The molecular weight excluding hydrogens is 548 g/mol. The summed E-state index contributed by atoms with van der Waals surface area (Å²) in [5.41, 5.74) is 7.47. The van der Waals surface area contributed by atoms with Crippen molar-refractivity contribution in [3.05, 3.63) is 113 Å². The lowest BCUT2D eigenvalue weighted by Crippen LogP contribution is -2.20. The topological polar surface area (TPSA) is 85.1 Å². The molecular formula is C28H21BrN6OS. The average Bonchev–Trinajstić information content (AvgIpc) is 3.38. The number of nitrogens with zero attached hydrogens (tertiary/aromatic N) is 5. The zero-order valence-electron chi connectivity index (χ0n) is 19.5. The normalized spacial score (nSPS) is 11.1. The lowest BCUT2D eigenvalue weighted by Gasteiger charge is -2.10. The number of pyridine rings is 1. The minimum Gasteiger partial charge on any atom is -0.272 e. The molecule has 182 valence electrons. The minimum atomic E-state index is -0.240. The van der Waals surface area contributed by atoms with Gasteiger partial charge in [0.05, 0.1) is 12.0 Å². The van der Waals surface area contributed by atoms with Crippen LogP contribution >= 0.6 is 27.7 Å². The van der Waals surface area contributed by atoms with E-state index in [9.17, 15) is 4.79 Å². The Bertz CT molecular complexity index is 1500. The van der Waals surface area contributed by atoms with Crippen molar-refractivity contribution in [2.75, 3.05) is 5.75 Å². The molecule has 1 amide bonds. The maximum atomic E-state index is 12.5. The van der Waals surface area contributed by atoms with Crippen molar-refractivity contribution in [3.63, 3.8) is 0 Å². The van der Waals surface area contributed by atoms with E-state index in [2.05, 4.69) is 53.8 Å². The Morgan fingerprint density at radius 1 is 0.892 bits per heavy atom. The Hall–Kier alpha value is -4.08. The summed E-state index contributed by atoms with van der Waals surface area (Å²) in [5.74, 6) is 0.539. The SMILES string of the molecule is O=C(CSc1nnc(-c2cccnc2)n1-c1ccc(Br)cc1)NN=Cc1ccc(-c2ccccc2)cc1. The van der Waals surface area contributed by atoms with Gasteiger partial charge >= 0.3 is 0 Å². The third kappa shape index (κ3) is 6.19. The summed E-state index contributed by atoms with van der Waals surface area (Å²) in [6.07, 6.45) is 5.08. The highest BCUT2D eigenvalue weighted by Gasteiger charge is 2.17. The van der Waals surface area contributed by atoms with Gasteiger partial charge < -0.3 is 0 Å². The van der Waals surface area contributed by atoms with Gasteiger partial charge in [-0.05, 0) is 53.1 Å². The monoisotopic (exact) mass is 568 g/mol. The van der Waals surface area contributed by atoms with Gasteiger partial charge in [-0.15, -0.1) is 10.2 Å². The zero-order chi connectivity index (χ0) is 25.5. The van der Waals surface area contributed by atoms with Crippen LogP contribution in [0.15, 0.2) is 118 Å². The third-order valence-electron chi connectivity index (χ3n) is 5.39. The van der Waals surface area contributed by atoms with Crippen molar-refractivity contribution >= 4 is 39.8 Å². The summed E-state index contributed by atoms with van der Waals surface area (Å²) in [5, 5.41) is 13.4. The van der Waals surface area contributed by atoms with Crippen LogP contribution in [-0.2, 0) is 4.79 Å². The molecule has 37 heavy (non-hydrogen) atoms. The molecule has 0 bridgehead atoms. The smallest absolute Gasteiger partial charge is 0.250 e. The number of carbonyl (C=O) groups excluding carboxylic acids is 1. The molecule has 1 N–H and O–H groups in total. The highest BCUT2D eigenvalue weighted by molar-refractivity contribution is 9.10. The molecule has 5 aromatic rings. The van der Waals surface area contributed by atoms with Gasteiger partial charge in [-0.25, -0.2) is 5.43 Å². The van der Waals surface area contributed by atoms with E-state index in [1.54, 1.807) is 18.6 Å². The number of rotatable bonds is 8. The molecule has 2 aromatic heterocycles. The third-order valence-corrected chi connectivity index (χ3v) is 6.85. The molecule has 7 nitrogen and oxygen atoms in total. The predicted molar refractivity (Wildman–Crippen MR) is 151 cm³/mol. The number of hydrazone groups is 1. The van der Waals surface area contributed by atoms with E-state index >= 15 is 0 Å². The van der Waals surface area contributed by atoms with Crippen LogP contribution in [-0.4, -0.2) is 37.6 Å². The molecule has 2 heterocycles. The fourth-order valence-electron chi connectivity index (χ4n) is 3.60. The Labute approximate surface area is 226 Å². The van der Waals surface area contributed by atoms with Crippen LogP contribution in [0.3, 0.4) is 0 Å². The summed E-state index contributed by atoms with van der Waals surface area (Å²) in [6, 6.07) is 29.8. The molecule has 0 spiro atoms. The lowest BCUT2D eigenvalue weighted by atomic mass is 10.0. The Kier molecular flexibility index (Phi) is 7.83. The van der Waals surface area contributed by atoms with Crippen molar-refractivity contribution in [2.24, 2.45) is 5.10 Å². The van der Waals surface area contributed by atoms with E-state index < -0.39 is 0 Å². The van der Waals surface area contributed by atoms with E-state index in [1.807, 2.05) is 83.4 Å². The van der Waals surface area contributed by atoms with Crippen molar-refractivity contribution < 1.29 is 4.79 Å². The van der Waals surface area contributed by atoms with E-state index in [4.69, 9.17) is 0 Å². The first kappa shape index (κ1) is 24.6. The summed E-state index contributed by atoms with van der Waals surface area (Å²) in [7, 11) is 0. The molecule has 0 unspecified atom stereocenters. The number of aromatic nitrogens is 4. The van der Waals surface area contributed by atoms with Gasteiger partial charge in [-0.2, -0.15) is 5.10 Å². The highest BCUT2D eigenvalue weighted by Crippen LogP contribution is 2.28. The highest BCUT2D eigenvalue weighted by atomic mass is 79.9. The summed E-state index contributed by atoms with van der Waals surface area (Å²) in [4.78, 5) is 16.7. The first-order chi connectivity index (χ1) is 18.2. The van der Waals surface area contributed by atoms with Crippen LogP contribution in [0.5, 0.6) is 0 Å². The fourth-order valence-corrected chi connectivity index (χ4v) is 4.61. The van der Waals surface area contributed by atoms with Gasteiger partial charge in [-0.3, -0.25) is 14.3 Å². The van der Waals surface area contributed by atoms with Gasteiger partial charge in [0.15, 0.2) is 11.0 Å². The van der Waals surface area contributed by atoms with Gasteiger partial charge in [-0.1, -0.05) is 82.3 Å². The molecule has 0 aliphatic heterocycles. The van der Waals surface area contributed by atoms with Gasteiger partial charge in [0.25, 0.3) is 5.91 Å². The number of amides is 1. The molecule has 3 aromatic carbocycles. The molecule has 5 rings (SSSR count). The summed E-state index contributed by atoms with van der Waals surface area (Å²) < 4.78 is 2.88. The number of nitrogens with one attached hydrogen (secondary N) is 1. The predicted octanol–water partition coefficient (Wildman–Crippen LogP) is 6.00. The molecule has 0 saturated heterocycles. The maximum Gasteiger partial charge on any atom is 0.250 e. The summed E-state index contributed by atoms with van der Waals surface area (Å²) in [6.45, 7) is 0. The van der Waals surface area contributed by atoms with E-state index in [0.717, 1.165) is 32.4 Å². The Morgan fingerprint density at radius 2 is 1.62 bits per heavy atom. The van der Waals surface area contributed by atoms with E-state index in [0.29, 0.717) is 11.0 Å². The molecule has 0 aliphatic rings. The second-order valence-electron chi connectivity index (χ2n) is 7.93. The number of thioether (sulfide) groups is 1. The number of halogens is 1. The molecule has 9 heteroatoms. The number of hydrogen-bond acceptors (Lipinski definition) is 6. The van der Waals surface area contributed by atoms with Crippen LogP contribution in [0.25, 0.3) is 28.2 Å². The van der Waals surface area contributed by atoms with Crippen LogP contribution in [0, 0.1) is 0 Å². The van der Waals surface area contributed by atoms with Crippen molar-refractivity contribution in [1.82, 2.24) is 25.2 Å². The van der Waals surface area contributed by atoms with Crippen LogP contribution in [0.2, 0.25) is 0 Å². The molecule has 0 saturated carbocycles. The fraction of sp³-hybridized carbons (Fsp3) is 0.0357. The zero-order valence-corrected chi connectivity index (χ0v) is 21.9. The van der Waals surface area contributed by atoms with Crippen molar-refractivity contribution in [1.29, 1.82) is 0 Å². The van der Waals surface area contributed by atoms with Gasteiger partial charge in [0, 0.05) is 28.1 Å². The second-order valence-corrected chi connectivity index (χ2v) is 9.79. The van der Waals surface area contributed by atoms with E-state index in [1.165, 1.54) is 11.8 Å². The number of carbonyl (C=O) groups is 1. The van der Waals surface area contributed by atoms with Crippen LogP contribution in [0.1, 0.15) is 5.56 Å². The van der Waals surface area contributed by atoms with Crippen molar-refractivity contribution in [3.8, 4) is 28.2 Å². The van der Waals surface area contributed by atoms with Gasteiger partial charge in [0.2, 0.25) is 0 Å². The van der Waals surface area contributed by atoms with Crippen LogP contribution < -0.4 is 5.43 Å². The summed E-state index contributed by atoms with van der Waals surface area (Å²) >= 11 is 4.76. The maximum absolute atomic E-state index is 12.5. The quantitative estimate of drug-likeness (QED) is 0.141.